The first kappa shape index (κ1) is 60.8. The van der Waals surface area contributed by atoms with E-state index in [1.165, 1.54) is 122 Å². The molecule has 0 aliphatic heterocycles. The number of carbonyl (C=O) groups excluding carboxylic acids is 2. The Bertz CT molecular complexity index is 1230. The van der Waals surface area contributed by atoms with Gasteiger partial charge in [0.15, 0.2) is 6.10 Å². The topological polar surface area (TPSA) is 61.8 Å². The third-order valence-electron chi connectivity index (χ3n) is 11.1. The zero-order valence-corrected chi connectivity index (χ0v) is 42.0. The monoisotopic (exact) mass is 889 g/mol. The van der Waals surface area contributed by atoms with E-state index in [-0.39, 0.29) is 31.6 Å². The van der Waals surface area contributed by atoms with Gasteiger partial charge < -0.3 is 14.2 Å². The fourth-order valence-electron chi connectivity index (χ4n) is 7.18. The average molecular weight is 889 g/mol. The van der Waals surface area contributed by atoms with Gasteiger partial charge in [-0.05, 0) is 83.5 Å². The van der Waals surface area contributed by atoms with Gasteiger partial charge >= 0.3 is 11.9 Å². The molecule has 64 heavy (non-hydrogen) atoms. The summed E-state index contributed by atoms with van der Waals surface area (Å²) >= 11 is 0. The minimum absolute atomic E-state index is 0.0362. The molecule has 5 nitrogen and oxygen atoms in total. The zero-order chi connectivity index (χ0) is 46.3. The van der Waals surface area contributed by atoms with Gasteiger partial charge in [-0.25, -0.2) is 0 Å². The molecule has 5 heteroatoms. The van der Waals surface area contributed by atoms with Crippen molar-refractivity contribution in [3.05, 3.63) is 97.2 Å². The Morgan fingerprint density at radius 3 is 1.23 bits per heavy atom. The molecule has 0 saturated carbocycles. The van der Waals surface area contributed by atoms with Crippen LogP contribution in [0.1, 0.15) is 239 Å². The van der Waals surface area contributed by atoms with Gasteiger partial charge in [-0.1, -0.05) is 240 Å². The van der Waals surface area contributed by atoms with Crippen LogP contribution in [0.15, 0.2) is 97.2 Å². The zero-order valence-electron chi connectivity index (χ0n) is 42.0. The lowest BCUT2D eigenvalue weighted by Gasteiger charge is -2.18. The van der Waals surface area contributed by atoms with Crippen molar-refractivity contribution < 1.29 is 23.8 Å². The highest BCUT2D eigenvalue weighted by molar-refractivity contribution is 5.71. The SMILES string of the molecule is CC/C=C\C/C=C\C/C=C\C/C=C\C/C=C\CC(=O)OC(COCCCCCCCCCCCCCCCC)COC(=O)CCCCCCCC/C=C\C/C=C\C/C=C\CCCCC. The van der Waals surface area contributed by atoms with Gasteiger partial charge in [0.1, 0.15) is 6.61 Å². The molecule has 366 valence electrons. The first-order chi connectivity index (χ1) is 31.6. The molecule has 0 aromatic carbocycles. The maximum Gasteiger partial charge on any atom is 0.310 e. The van der Waals surface area contributed by atoms with Gasteiger partial charge in [0.05, 0.1) is 13.0 Å². The molecule has 0 spiro atoms. The summed E-state index contributed by atoms with van der Waals surface area (Å²) in [4.78, 5) is 25.4. The number of unbranched alkanes of at least 4 members (excludes halogenated alkanes) is 22. The van der Waals surface area contributed by atoms with E-state index in [1.54, 1.807) is 0 Å². The van der Waals surface area contributed by atoms with Gasteiger partial charge in [-0.2, -0.15) is 0 Å². The minimum atomic E-state index is -0.599. The van der Waals surface area contributed by atoms with E-state index < -0.39 is 6.10 Å². The predicted octanol–water partition coefficient (Wildman–Crippen LogP) is 18.2. The van der Waals surface area contributed by atoms with Crippen LogP contribution in [0.25, 0.3) is 0 Å². The molecule has 0 aromatic heterocycles. The van der Waals surface area contributed by atoms with Gasteiger partial charge in [0.2, 0.25) is 0 Å². The number of hydrogen-bond acceptors (Lipinski definition) is 5. The van der Waals surface area contributed by atoms with Crippen molar-refractivity contribution in [3.8, 4) is 0 Å². The van der Waals surface area contributed by atoms with Crippen molar-refractivity contribution in [1.82, 2.24) is 0 Å². The van der Waals surface area contributed by atoms with Crippen LogP contribution in [0, 0.1) is 0 Å². The molecule has 0 saturated heterocycles. The van der Waals surface area contributed by atoms with E-state index in [0.29, 0.717) is 13.0 Å². The van der Waals surface area contributed by atoms with E-state index >= 15 is 0 Å². The van der Waals surface area contributed by atoms with E-state index in [4.69, 9.17) is 14.2 Å². The molecule has 0 aliphatic rings. The van der Waals surface area contributed by atoms with Gasteiger partial charge in [0, 0.05) is 13.0 Å². The van der Waals surface area contributed by atoms with Gasteiger partial charge in [-0.15, -0.1) is 0 Å². The maximum absolute atomic E-state index is 12.8. The Hall–Kier alpha value is -3.18. The Morgan fingerprint density at radius 2 is 0.750 bits per heavy atom. The fourth-order valence-corrected chi connectivity index (χ4v) is 7.18. The Balaban J connectivity index is 4.40. The van der Waals surface area contributed by atoms with Crippen LogP contribution in [0.4, 0.5) is 0 Å². The van der Waals surface area contributed by atoms with Crippen LogP contribution < -0.4 is 0 Å². The smallest absolute Gasteiger partial charge is 0.310 e. The molecular formula is C59H100O5. The number of esters is 2. The third kappa shape index (κ3) is 51.5. The Morgan fingerprint density at radius 1 is 0.375 bits per heavy atom. The van der Waals surface area contributed by atoms with Crippen molar-refractivity contribution >= 4 is 11.9 Å². The van der Waals surface area contributed by atoms with Crippen molar-refractivity contribution in [2.45, 2.75) is 245 Å². The highest BCUT2D eigenvalue weighted by Crippen LogP contribution is 2.14. The van der Waals surface area contributed by atoms with Crippen LogP contribution in [-0.2, 0) is 23.8 Å². The summed E-state index contributed by atoms with van der Waals surface area (Å²) in [5.74, 6) is -0.556. The summed E-state index contributed by atoms with van der Waals surface area (Å²) in [5.41, 5.74) is 0. The summed E-state index contributed by atoms with van der Waals surface area (Å²) in [7, 11) is 0. The minimum Gasteiger partial charge on any atom is -0.462 e. The normalized spacial score (nSPS) is 13.0. The van der Waals surface area contributed by atoms with Crippen molar-refractivity contribution in [1.29, 1.82) is 0 Å². The van der Waals surface area contributed by atoms with Crippen molar-refractivity contribution in [2.75, 3.05) is 19.8 Å². The molecule has 0 amide bonds. The second kappa shape index (κ2) is 54.2. The van der Waals surface area contributed by atoms with Gasteiger partial charge in [0.25, 0.3) is 0 Å². The molecule has 0 N–H and O–H groups in total. The lowest BCUT2D eigenvalue weighted by atomic mass is 10.0. The number of hydrogen-bond donors (Lipinski definition) is 0. The number of rotatable bonds is 48. The Labute approximate surface area is 396 Å². The first-order valence-electron chi connectivity index (χ1n) is 26.8. The quantitative estimate of drug-likeness (QED) is 0.0346. The second-order valence-corrected chi connectivity index (χ2v) is 17.4. The standard InChI is InChI=1S/C59H100O5/c1-4-7-10-13-16-19-22-25-28-29-30-31-33-34-37-40-43-46-49-52-58(60)63-56-57(55-62-54-51-48-45-42-39-36-27-24-21-18-15-12-9-6-3)64-59(61)53-50-47-44-41-38-35-32-26-23-20-17-14-11-8-5-2/h8,11,16-17,19-20,25-26,28,30-32,38,41,47,50,57H,4-7,9-10,12-15,18,21-24,27,29,33-37,39-40,42-46,48-49,51-56H2,1-3H3/b11-8-,19-16-,20-17-,28-25-,31-30-,32-26-,41-38-,50-47-. The van der Waals surface area contributed by atoms with Crippen LogP contribution >= 0.6 is 0 Å². The lowest BCUT2D eigenvalue weighted by Crippen LogP contribution is -2.29. The maximum atomic E-state index is 12.8. The van der Waals surface area contributed by atoms with Crippen LogP contribution in [0.3, 0.4) is 0 Å². The summed E-state index contributed by atoms with van der Waals surface area (Å²) in [6, 6.07) is 0. The molecule has 0 radical (unpaired) electrons. The molecule has 0 bridgehead atoms. The Kier molecular flexibility index (Phi) is 51.5. The predicted molar refractivity (Wildman–Crippen MR) is 279 cm³/mol. The fraction of sp³-hybridized carbons (Fsp3) is 0.695. The lowest BCUT2D eigenvalue weighted by molar-refractivity contribution is -0.162. The molecule has 1 unspecified atom stereocenters. The van der Waals surface area contributed by atoms with E-state index in [9.17, 15) is 9.59 Å². The molecule has 0 heterocycles. The van der Waals surface area contributed by atoms with Crippen molar-refractivity contribution in [3.63, 3.8) is 0 Å². The summed E-state index contributed by atoms with van der Waals surface area (Å²) in [5, 5.41) is 0. The molecule has 0 aromatic rings. The second-order valence-electron chi connectivity index (χ2n) is 17.4. The van der Waals surface area contributed by atoms with Crippen LogP contribution in [-0.4, -0.2) is 37.9 Å². The summed E-state index contributed by atoms with van der Waals surface area (Å²) in [6.07, 6.45) is 73.0. The van der Waals surface area contributed by atoms with E-state index in [2.05, 4.69) is 106 Å². The molecule has 0 rings (SSSR count). The van der Waals surface area contributed by atoms with E-state index in [1.807, 2.05) is 12.2 Å². The summed E-state index contributed by atoms with van der Waals surface area (Å²) < 4.78 is 17.3. The molecular weight excluding hydrogens is 789 g/mol. The number of ether oxygens (including phenoxy) is 3. The molecule has 0 aliphatic carbocycles. The van der Waals surface area contributed by atoms with Crippen LogP contribution in [0.2, 0.25) is 0 Å². The number of allylic oxidation sites excluding steroid dienone is 15. The highest BCUT2D eigenvalue weighted by atomic mass is 16.6. The highest BCUT2D eigenvalue weighted by Gasteiger charge is 2.17. The number of carbonyl (C=O) groups is 2. The molecule has 1 atom stereocenters. The molecule has 0 fully saturated rings. The van der Waals surface area contributed by atoms with Crippen molar-refractivity contribution in [2.24, 2.45) is 0 Å². The average Bonchev–Trinajstić information content (AvgIpc) is 3.30. The third-order valence-corrected chi connectivity index (χ3v) is 11.1. The first-order valence-corrected chi connectivity index (χ1v) is 26.8. The largest absolute Gasteiger partial charge is 0.462 e. The van der Waals surface area contributed by atoms with Crippen LogP contribution in [0.5, 0.6) is 0 Å². The van der Waals surface area contributed by atoms with E-state index in [0.717, 1.165) is 83.5 Å². The van der Waals surface area contributed by atoms with Gasteiger partial charge in [-0.3, -0.25) is 9.59 Å². The summed E-state index contributed by atoms with van der Waals surface area (Å²) in [6.45, 7) is 7.58.